The molecular formula is C23H29N3O4. The van der Waals surface area contributed by atoms with Crippen molar-refractivity contribution in [2.45, 2.75) is 58.1 Å². The van der Waals surface area contributed by atoms with E-state index in [1.54, 1.807) is 6.92 Å². The Morgan fingerprint density at radius 1 is 1.20 bits per heavy atom. The fourth-order valence-corrected chi connectivity index (χ4v) is 3.07. The van der Waals surface area contributed by atoms with Crippen LogP contribution in [0.5, 0.6) is 11.5 Å². The summed E-state index contributed by atoms with van der Waals surface area (Å²) >= 11 is 0. The first-order chi connectivity index (χ1) is 14.2. The molecule has 1 aliphatic carbocycles. The summed E-state index contributed by atoms with van der Waals surface area (Å²) in [5.41, 5.74) is 1.90. The van der Waals surface area contributed by atoms with Gasteiger partial charge >= 0.3 is 0 Å². The number of aromatic nitrogens is 1. The fourth-order valence-electron chi connectivity index (χ4n) is 3.07. The van der Waals surface area contributed by atoms with Gasteiger partial charge in [-0.1, -0.05) is 26.0 Å². The Kier molecular flexibility index (Phi) is 6.29. The lowest BCUT2D eigenvalue weighted by molar-refractivity contribution is -0.127. The Morgan fingerprint density at radius 2 is 1.93 bits per heavy atom. The number of carbonyl (C=O) groups excluding carboxylic acids is 2. The van der Waals surface area contributed by atoms with Crippen molar-refractivity contribution < 1.29 is 19.4 Å². The number of aryl methyl sites for hydroxylation is 1. The third kappa shape index (κ3) is 5.28. The van der Waals surface area contributed by atoms with Crippen LogP contribution < -0.4 is 15.4 Å². The monoisotopic (exact) mass is 411 g/mol. The number of hydrogen-bond acceptors (Lipinski definition) is 5. The summed E-state index contributed by atoms with van der Waals surface area (Å²) in [6.45, 7) is 8.23. The zero-order valence-corrected chi connectivity index (χ0v) is 17.9. The molecule has 1 atom stereocenters. The zero-order chi connectivity index (χ0) is 21.9. The molecule has 0 radical (unpaired) electrons. The van der Waals surface area contributed by atoms with Gasteiger partial charge in [-0.3, -0.25) is 9.59 Å². The van der Waals surface area contributed by atoms with Gasteiger partial charge in [0.25, 0.3) is 11.8 Å². The fraction of sp³-hybridized carbons (Fsp3) is 0.435. The minimum atomic E-state index is -0.656. The van der Waals surface area contributed by atoms with E-state index < -0.39 is 11.6 Å². The largest absolute Gasteiger partial charge is 0.506 e. The number of benzene rings is 1. The highest BCUT2D eigenvalue weighted by Crippen LogP contribution is 2.35. The maximum Gasteiger partial charge on any atom is 0.270 e. The van der Waals surface area contributed by atoms with Gasteiger partial charge in [0.1, 0.15) is 17.2 Å². The third-order valence-electron chi connectivity index (χ3n) is 5.37. The normalized spacial score (nSPS) is 15.4. The van der Waals surface area contributed by atoms with Crippen molar-refractivity contribution in [3.05, 3.63) is 53.3 Å². The van der Waals surface area contributed by atoms with E-state index in [4.69, 9.17) is 4.74 Å². The van der Waals surface area contributed by atoms with Gasteiger partial charge in [0.05, 0.1) is 11.7 Å². The van der Waals surface area contributed by atoms with Gasteiger partial charge in [-0.25, -0.2) is 4.98 Å². The summed E-state index contributed by atoms with van der Waals surface area (Å²) in [7, 11) is 0. The summed E-state index contributed by atoms with van der Waals surface area (Å²) in [6, 6.07) is 8.93. The molecule has 0 aliphatic heterocycles. The summed E-state index contributed by atoms with van der Waals surface area (Å²) in [5, 5.41) is 15.1. The van der Waals surface area contributed by atoms with E-state index in [9.17, 15) is 14.7 Å². The highest BCUT2D eigenvalue weighted by atomic mass is 16.5. The molecule has 0 saturated heterocycles. The van der Waals surface area contributed by atoms with Crippen LogP contribution >= 0.6 is 0 Å². The number of rotatable bonds is 8. The van der Waals surface area contributed by atoms with Crippen LogP contribution in [0.3, 0.4) is 0 Å². The van der Waals surface area contributed by atoms with Crippen molar-refractivity contribution >= 4 is 11.8 Å². The van der Waals surface area contributed by atoms with E-state index in [0.29, 0.717) is 18.2 Å². The smallest absolute Gasteiger partial charge is 0.270 e. The van der Waals surface area contributed by atoms with Crippen LogP contribution in [-0.4, -0.2) is 40.1 Å². The van der Waals surface area contributed by atoms with E-state index in [1.807, 2.05) is 19.1 Å². The van der Waals surface area contributed by atoms with Gasteiger partial charge in [0.2, 0.25) is 0 Å². The SMILES string of the molecule is Cc1ccc(C(C)C)cc1OC(C)C(=O)NCC1(NC(=O)c2ccc(O)cn2)CC1. The summed E-state index contributed by atoms with van der Waals surface area (Å²) < 4.78 is 5.91. The quantitative estimate of drug-likeness (QED) is 0.620. The van der Waals surface area contributed by atoms with Crippen LogP contribution in [0.4, 0.5) is 0 Å². The molecule has 1 aromatic heterocycles. The van der Waals surface area contributed by atoms with Crippen molar-refractivity contribution in [1.82, 2.24) is 15.6 Å². The minimum Gasteiger partial charge on any atom is -0.506 e. The van der Waals surface area contributed by atoms with E-state index in [0.717, 1.165) is 24.0 Å². The molecule has 1 heterocycles. The molecule has 30 heavy (non-hydrogen) atoms. The molecule has 2 aromatic rings. The Hall–Kier alpha value is -3.09. The lowest BCUT2D eigenvalue weighted by Crippen LogP contribution is -2.48. The summed E-state index contributed by atoms with van der Waals surface area (Å²) in [5.74, 6) is 0.526. The lowest BCUT2D eigenvalue weighted by Gasteiger charge is -2.21. The number of aromatic hydroxyl groups is 1. The molecule has 1 unspecified atom stereocenters. The number of nitrogens with zero attached hydrogens (tertiary/aromatic N) is 1. The molecule has 7 heteroatoms. The van der Waals surface area contributed by atoms with Crippen LogP contribution in [0.25, 0.3) is 0 Å². The first kappa shape index (κ1) is 21.6. The molecule has 1 aromatic carbocycles. The molecule has 160 valence electrons. The van der Waals surface area contributed by atoms with Gasteiger partial charge in [-0.05, 0) is 61.9 Å². The van der Waals surface area contributed by atoms with Crippen molar-refractivity contribution in [2.24, 2.45) is 0 Å². The molecular weight excluding hydrogens is 382 g/mol. The van der Waals surface area contributed by atoms with Crippen molar-refractivity contribution in [1.29, 1.82) is 0 Å². The lowest BCUT2D eigenvalue weighted by atomic mass is 10.0. The minimum absolute atomic E-state index is 0.00287. The molecule has 0 bridgehead atoms. The molecule has 1 saturated carbocycles. The molecule has 3 rings (SSSR count). The Labute approximate surface area is 176 Å². The predicted octanol–water partition coefficient (Wildman–Crippen LogP) is 3.07. The van der Waals surface area contributed by atoms with Crippen LogP contribution in [-0.2, 0) is 4.79 Å². The van der Waals surface area contributed by atoms with Crippen LogP contribution in [0.2, 0.25) is 0 Å². The second kappa shape index (κ2) is 8.73. The number of pyridine rings is 1. The average Bonchev–Trinajstić information content (AvgIpc) is 3.47. The van der Waals surface area contributed by atoms with Crippen LogP contribution in [0, 0.1) is 6.92 Å². The summed E-state index contributed by atoms with van der Waals surface area (Å²) in [6.07, 6.45) is 2.13. The third-order valence-corrected chi connectivity index (χ3v) is 5.37. The Morgan fingerprint density at radius 3 is 2.53 bits per heavy atom. The van der Waals surface area contributed by atoms with Gasteiger partial charge in [0.15, 0.2) is 6.10 Å². The van der Waals surface area contributed by atoms with E-state index in [2.05, 4.69) is 35.5 Å². The second-order valence-corrected chi connectivity index (χ2v) is 8.29. The van der Waals surface area contributed by atoms with Crippen LogP contribution in [0.15, 0.2) is 36.5 Å². The number of hydrogen-bond donors (Lipinski definition) is 3. The van der Waals surface area contributed by atoms with E-state index in [-0.39, 0.29) is 23.3 Å². The maximum absolute atomic E-state index is 12.6. The molecule has 7 nitrogen and oxygen atoms in total. The second-order valence-electron chi connectivity index (χ2n) is 8.29. The van der Waals surface area contributed by atoms with E-state index in [1.165, 1.54) is 18.3 Å². The molecule has 1 fully saturated rings. The Balaban J connectivity index is 1.54. The average molecular weight is 412 g/mol. The standard InChI is InChI=1S/C23H29N3O4/c1-14(2)17-6-5-15(3)20(11-17)30-16(4)21(28)25-13-23(9-10-23)26-22(29)19-8-7-18(27)12-24-19/h5-8,11-12,14,16,27H,9-10,13H2,1-4H3,(H,25,28)(H,26,29). The number of ether oxygens (including phenoxy) is 1. The Bertz CT molecular complexity index is 921. The van der Waals surface area contributed by atoms with Crippen molar-refractivity contribution in [3.8, 4) is 11.5 Å². The predicted molar refractivity (Wildman–Crippen MR) is 114 cm³/mol. The maximum atomic E-state index is 12.6. The van der Waals surface area contributed by atoms with Crippen LogP contribution in [0.1, 0.15) is 61.1 Å². The highest BCUT2D eigenvalue weighted by Gasteiger charge is 2.44. The first-order valence-corrected chi connectivity index (χ1v) is 10.2. The van der Waals surface area contributed by atoms with Crippen molar-refractivity contribution in [2.75, 3.05) is 6.54 Å². The number of nitrogens with one attached hydrogen (secondary N) is 2. The van der Waals surface area contributed by atoms with Crippen molar-refractivity contribution in [3.63, 3.8) is 0 Å². The summed E-state index contributed by atoms with van der Waals surface area (Å²) in [4.78, 5) is 28.8. The van der Waals surface area contributed by atoms with E-state index >= 15 is 0 Å². The molecule has 1 aliphatic rings. The molecule has 3 N–H and O–H groups in total. The first-order valence-electron chi connectivity index (χ1n) is 10.2. The zero-order valence-electron chi connectivity index (χ0n) is 17.9. The van der Waals surface area contributed by atoms with Gasteiger partial charge < -0.3 is 20.5 Å². The number of carbonyl (C=O) groups is 2. The molecule has 0 spiro atoms. The highest BCUT2D eigenvalue weighted by molar-refractivity contribution is 5.93. The van der Waals surface area contributed by atoms with Gasteiger partial charge in [-0.15, -0.1) is 0 Å². The van der Waals surface area contributed by atoms with Gasteiger partial charge in [0, 0.05) is 6.54 Å². The topological polar surface area (TPSA) is 101 Å². The number of amides is 2. The van der Waals surface area contributed by atoms with Gasteiger partial charge in [-0.2, -0.15) is 0 Å². The molecule has 2 amide bonds.